The third-order valence-electron chi connectivity index (χ3n) is 8.61. The van der Waals surface area contributed by atoms with Gasteiger partial charge in [-0.15, -0.1) is 11.3 Å². The number of nitrogens with one attached hydrogen (secondary N) is 1. The number of carbonyl (C=O) groups is 2. The highest BCUT2D eigenvalue weighted by Crippen LogP contribution is 2.57. The van der Waals surface area contributed by atoms with Gasteiger partial charge in [0.25, 0.3) is 5.91 Å². The van der Waals surface area contributed by atoms with Gasteiger partial charge in [0.2, 0.25) is 5.91 Å². The summed E-state index contributed by atoms with van der Waals surface area (Å²) < 4.78 is 0. The van der Waals surface area contributed by atoms with Crippen molar-refractivity contribution in [1.29, 1.82) is 0 Å². The van der Waals surface area contributed by atoms with Crippen molar-refractivity contribution in [3.05, 3.63) is 70.8 Å². The lowest BCUT2D eigenvalue weighted by atomic mass is 9.53. The molecule has 1 aromatic carbocycles. The predicted molar refractivity (Wildman–Crippen MR) is 147 cm³/mol. The number of fused-ring (bicyclic) bond motifs is 2. The Morgan fingerprint density at radius 3 is 2.74 bits per heavy atom. The maximum absolute atomic E-state index is 13.4. The molecule has 1 fully saturated rings. The molecule has 1 saturated carbocycles. The molecule has 0 saturated heterocycles. The average Bonchev–Trinajstić information content (AvgIpc) is 3.30. The summed E-state index contributed by atoms with van der Waals surface area (Å²) in [7, 11) is 1.84. The fraction of sp³-hybridized carbons (Fsp3) is 0.483. The maximum Gasteiger partial charge on any atom is 0.277 e. The highest BCUT2D eigenvalue weighted by Gasteiger charge is 2.54. The van der Waals surface area contributed by atoms with Gasteiger partial charge < -0.3 is 10.0 Å². The minimum absolute atomic E-state index is 0.00400. The summed E-state index contributed by atoms with van der Waals surface area (Å²) in [6.45, 7) is 6.88. The molecule has 2 amide bonds. The van der Waals surface area contributed by atoms with Crippen LogP contribution in [-0.4, -0.2) is 49.9 Å². The standard InChI is InChI=1S/C29H35N5O3S/c1-17(27(37)34(4)16-19-8-6-5-7-9-19)20-10-11-29(3)14-22-24(18(2)23(29)25(20)35)32-28(38-22)33-26(36)21-15-30-12-13-31-21/h5-9,12-13,15,17-18,20,23,25,35H,10-11,14,16H2,1-4H3,(H,32,33,36)/t17-,18-,20-,23+,25-,29-/m0/s1. The van der Waals surface area contributed by atoms with Crippen molar-refractivity contribution in [2.24, 2.45) is 23.2 Å². The zero-order valence-corrected chi connectivity index (χ0v) is 23.1. The van der Waals surface area contributed by atoms with E-state index in [2.05, 4.69) is 29.1 Å². The van der Waals surface area contributed by atoms with Crippen LogP contribution < -0.4 is 5.32 Å². The first-order valence-corrected chi connectivity index (χ1v) is 14.0. The van der Waals surface area contributed by atoms with Gasteiger partial charge in [0.1, 0.15) is 5.69 Å². The first-order valence-electron chi connectivity index (χ1n) is 13.2. The molecule has 3 aromatic rings. The number of hydrogen-bond acceptors (Lipinski definition) is 7. The van der Waals surface area contributed by atoms with E-state index in [9.17, 15) is 14.7 Å². The van der Waals surface area contributed by atoms with Crippen molar-refractivity contribution in [3.63, 3.8) is 0 Å². The number of aromatic nitrogens is 3. The molecule has 9 heteroatoms. The number of benzene rings is 1. The number of nitrogens with zero attached hydrogens (tertiary/aromatic N) is 4. The van der Waals surface area contributed by atoms with Crippen LogP contribution in [0.3, 0.4) is 0 Å². The predicted octanol–water partition coefficient (Wildman–Crippen LogP) is 4.53. The molecule has 0 aliphatic heterocycles. The van der Waals surface area contributed by atoms with Gasteiger partial charge >= 0.3 is 0 Å². The highest BCUT2D eigenvalue weighted by molar-refractivity contribution is 7.15. The molecule has 8 nitrogen and oxygen atoms in total. The van der Waals surface area contributed by atoms with Gasteiger partial charge in [-0.2, -0.15) is 0 Å². The Morgan fingerprint density at radius 1 is 1.26 bits per heavy atom. The van der Waals surface area contributed by atoms with E-state index in [0.29, 0.717) is 11.7 Å². The fourth-order valence-electron chi connectivity index (χ4n) is 6.64. The molecule has 0 spiro atoms. The highest BCUT2D eigenvalue weighted by atomic mass is 32.1. The Balaban J connectivity index is 1.31. The molecule has 2 heterocycles. The minimum atomic E-state index is -0.611. The van der Waals surface area contributed by atoms with Gasteiger partial charge in [-0.3, -0.25) is 19.9 Å². The summed E-state index contributed by atoms with van der Waals surface area (Å²) in [5.74, 6) is -0.689. The van der Waals surface area contributed by atoms with Crippen molar-refractivity contribution in [2.75, 3.05) is 12.4 Å². The molecule has 0 bridgehead atoms. The summed E-state index contributed by atoms with van der Waals surface area (Å²) in [6.07, 6.45) is 6.36. The molecule has 38 heavy (non-hydrogen) atoms. The van der Waals surface area contributed by atoms with Crippen LogP contribution in [0.4, 0.5) is 5.13 Å². The van der Waals surface area contributed by atoms with Crippen molar-refractivity contribution >= 4 is 28.3 Å². The van der Waals surface area contributed by atoms with Gasteiger partial charge in [-0.25, -0.2) is 9.97 Å². The van der Waals surface area contributed by atoms with E-state index in [1.807, 2.05) is 44.3 Å². The van der Waals surface area contributed by atoms with Gasteiger partial charge in [-0.1, -0.05) is 51.1 Å². The lowest BCUT2D eigenvalue weighted by Crippen LogP contribution is -2.53. The number of hydrogen-bond donors (Lipinski definition) is 2. The zero-order valence-electron chi connectivity index (χ0n) is 22.3. The third-order valence-corrected chi connectivity index (χ3v) is 9.60. The number of carbonyl (C=O) groups excluding carboxylic acids is 2. The summed E-state index contributed by atoms with van der Waals surface area (Å²) in [4.78, 5) is 41.7. The molecule has 0 unspecified atom stereocenters. The molecule has 2 aliphatic rings. The maximum atomic E-state index is 13.4. The third kappa shape index (κ3) is 4.97. The van der Waals surface area contributed by atoms with Crippen LogP contribution in [0.2, 0.25) is 0 Å². The van der Waals surface area contributed by atoms with E-state index in [1.165, 1.54) is 29.9 Å². The molecule has 2 N–H and O–H groups in total. The minimum Gasteiger partial charge on any atom is -0.392 e. The monoisotopic (exact) mass is 533 g/mol. The molecule has 200 valence electrons. The second kappa shape index (κ2) is 10.5. The number of amides is 2. The molecular formula is C29H35N5O3S. The summed E-state index contributed by atoms with van der Waals surface area (Å²) in [5, 5.41) is 15.1. The van der Waals surface area contributed by atoms with E-state index in [0.717, 1.165) is 35.4 Å². The number of aliphatic hydroxyl groups is 1. The molecular weight excluding hydrogens is 498 g/mol. The average molecular weight is 534 g/mol. The Morgan fingerprint density at radius 2 is 2.03 bits per heavy atom. The van der Waals surface area contributed by atoms with Crippen molar-refractivity contribution in [3.8, 4) is 0 Å². The van der Waals surface area contributed by atoms with Crippen LogP contribution >= 0.6 is 11.3 Å². The van der Waals surface area contributed by atoms with Crippen LogP contribution in [-0.2, 0) is 17.8 Å². The number of aliphatic hydroxyl groups excluding tert-OH is 1. The lowest BCUT2D eigenvalue weighted by molar-refractivity contribution is -0.144. The van der Waals surface area contributed by atoms with Crippen LogP contribution in [0.1, 0.15) is 66.2 Å². The largest absolute Gasteiger partial charge is 0.392 e. The van der Waals surface area contributed by atoms with Crippen molar-refractivity contribution in [2.45, 2.75) is 58.6 Å². The first kappa shape index (κ1) is 26.4. The van der Waals surface area contributed by atoms with Crippen molar-refractivity contribution in [1.82, 2.24) is 19.9 Å². The molecule has 2 aliphatic carbocycles. The van der Waals surface area contributed by atoms with E-state index >= 15 is 0 Å². The molecule has 6 atom stereocenters. The molecule has 2 aromatic heterocycles. The van der Waals surface area contributed by atoms with Crippen LogP contribution in [0.5, 0.6) is 0 Å². The Labute approximate surface area is 227 Å². The topological polar surface area (TPSA) is 108 Å². The molecule has 0 radical (unpaired) electrons. The smallest absolute Gasteiger partial charge is 0.277 e. The van der Waals surface area contributed by atoms with E-state index in [-0.39, 0.29) is 46.6 Å². The van der Waals surface area contributed by atoms with Crippen LogP contribution in [0, 0.1) is 23.2 Å². The first-order chi connectivity index (χ1) is 18.2. The SMILES string of the molecule is C[C@H](C(=O)N(C)Cc1ccccc1)[C@@H]1CC[C@@]2(C)Cc3sc(NC(=O)c4cnccn4)nc3[C@@H](C)[C@@H]2[C@H]1O. The van der Waals surface area contributed by atoms with Crippen LogP contribution in [0.15, 0.2) is 48.9 Å². The van der Waals surface area contributed by atoms with Crippen LogP contribution in [0.25, 0.3) is 0 Å². The molecule has 5 rings (SSSR count). The Kier molecular flexibility index (Phi) is 7.33. The van der Waals surface area contributed by atoms with Gasteiger partial charge in [0.15, 0.2) is 5.13 Å². The van der Waals surface area contributed by atoms with Gasteiger partial charge in [0, 0.05) is 42.7 Å². The van der Waals surface area contributed by atoms with Gasteiger partial charge in [0.05, 0.1) is 18.0 Å². The normalized spacial score (nSPS) is 27.1. The summed E-state index contributed by atoms with van der Waals surface area (Å²) >= 11 is 1.50. The zero-order chi connectivity index (χ0) is 27.0. The second-order valence-corrected chi connectivity index (χ2v) is 12.3. The summed E-state index contributed by atoms with van der Waals surface area (Å²) in [5.41, 5.74) is 2.17. The number of thiazole rings is 1. The summed E-state index contributed by atoms with van der Waals surface area (Å²) in [6, 6.07) is 9.97. The Bertz CT molecular complexity index is 1300. The second-order valence-electron chi connectivity index (χ2n) is 11.2. The van der Waals surface area contributed by atoms with E-state index < -0.39 is 6.10 Å². The van der Waals surface area contributed by atoms with Gasteiger partial charge in [-0.05, 0) is 42.1 Å². The van der Waals surface area contributed by atoms with Crippen molar-refractivity contribution < 1.29 is 14.7 Å². The fourth-order valence-corrected chi connectivity index (χ4v) is 7.90. The number of rotatable bonds is 6. The van der Waals surface area contributed by atoms with E-state index in [1.54, 1.807) is 4.90 Å². The quantitative estimate of drug-likeness (QED) is 0.482. The van der Waals surface area contributed by atoms with E-state index in [4.69, 9.17) is 4.98 Å². The Hall–Kier alpha value is -3.17. The number of anilines is 1. The lowest BCUT2D eigenvalue weighted by Gasteiger charge is -2.53.